The lowest BCUT2D eigenvalue weighted by atomic mass is 9.76. The molecule has 160 valence electrons. The van der Waals surface area contributed by atoms with E-state index in [0.717, 1.165) is 69.5 Å². The van der Waals surface area contributed by atoms with Gasteiger partial charge in [0.2, 0.25) is 0 Å². The number of carbonyl (C=O) groups excluding carboxylic acids is 1. The molecule has 7 heteroatoms. The average molecular weight is 465 g/mol. The number of hydrogen-bond donors (Lipinski definition) is 3. The van der Waals surface area contributed by atoms with Crippen molar-refractivity contribution >= 4 is 27.6 Å². The summed E-state index contributed by atoms with van der Waals surface area (Å²) in [5.74, 6) is 0. The molecule has 1 spiro atoms. The number of nitrogens with zero attached hydrogens (tertiary/aromatic N) is 1. The maximum atomic E-state index is 12.8. The van der Waals surface area contributed by atoms with Crippen molar-refractivity contribution in [1.29, 1.82) is 0 Å². The first kappa shape index (κ1) is 20.9. The minimum atomic E-state index is -0.0272. The Morgan fingerprint density at radius 1 is 1.24 bits per heavy atom. The Kier molecular flexibility index (Phi) is 6.37. The molecule has 3 saturated heterocycles. The molecule has 2 atom stereocenters. The number of carbonyl (C=O) groups is 1. The van der Waals surface area contributed by atoms with Crippen molar-refractivity contribution in [1.82, 2.24) is 16.0 Å². The highest BCUT2D eigenvalue weighted by Gasteiger charge is 2.44. The number of urea groups is 1. The third-order valence-electron chi connectivity index (χ3n) is 6.89. The second kappa shape index (κ2) is 8.82. The summed E-state index contributed by atoms with van der Waals surface area (Å²) in [6.45, 7) is 9.64. The van der Waals surface area contributed by atoms with Crippen molar-refractivity contribution < 1.29 is 9.53 Å². The first-order chi connectivity index (χ1) is 14.0. The lowest BCUT2D eigenvalue weighted by molar-refractivity contribution is 0.0135. The standard InChI is InChI=1S/C22H33BrN4O2/c1-15-10-17(23)11-16(2)20(15)27-7-3-4-18(13-27)25-21(28)26-19-12-24-14-22(19)5-8-29-9-6-22/h10-11,18-19,24H,3-9,12-14H2,1-2H3,(H2,25,26,28). The van der Waals surface area contributed by atoms with Gasteiger partial charge >= 0.3 is 6.03 Å². The fourth-order valence-corrected chi connectivity index (χ4v) is 6.08. The van der Waals surface area contributed by atoms with Crippen LogP contribution in [-0.4, -0.2) is 57.5 Å². The van der Waals surface area contributed by atoms with Crippen molar-refractivity contribution in [3.8, 4) is 0 Å². The molecule has 0 radical (unpaired) electrons. The molecule has 2 amide bonds. The van der Waals surface area contributed by atoms with Gasteiger partial charge in [0.1, 0.15) is 0 Å². The lowest BCUT2D eigenvalue weighted by Gasteiger charge is -2.39. The number of nitrogens with one attached hydrogen (secondary N) is 3. The molecule has 2 unspecified atom stereocenters. The van der Waals surface area contributed by atoms with Crippen LogP contribution < -0.4 is 20.9 Å². The van der Waals surface area contributed by atoms with Crippen LogP contribution in [0.2, 0.25) is 0 Å². The summed E-state index contributed by atoms with van der Waals surface area (Å²) in [5, 5.41) is 10.0. The lowest BCUT2D eigenvalue weighted by Crippen LogP contribution is -2.56. The highest BCUT2D eigenvalue weighted by molar-refractivity contribution is 9.10. The molecule has 3 aliphatic heterocycles. The average Bonchev–Trinajstić information content (AvgIpc) is 3.03. The van der Waals surface area contributed by atoms with Crippen LogP contribution in [0.3, 0.4) is 0 Å². The maximum Gasteiger partial charge on any atom is 0.315 e. The quantitative estimate of drug-likeness (QED) is 0.642. The number of hydrogen-bond acceptors (Lipinski definition) is 4. The van der Waals surface area contributed by atoms with Gasteiger partial charge in [0.15, 0.2) is 0 Å². The molecule has 6 nitrogen and oxygen atoms in total. The summed E-state index contributed by atoms with van der Waals surface area (Å²) < 4.78 is 6.67. The molecule has 0 bridgehead atoms. The molecule has 3 aliphatic rings. The van der Waals surface area contributed by atoms with E-state index in [1.54, 1.807) is 0 Å². The van der Waals surface area contributed by atoms with E-state index in [2.05, 4.69) is 62.8 Å². The Balaban J connectivity index is 1.36. The second-order valence-corrected chi connectivity index (χ2v) is 9.87. The molecule has 0 saturated carbocycles. The van der Waals surface area contributed by atoms with Crippen molar-refractivity contribution in [2.24, 2.45) is 5.41 Å². The van der Waals surface area contributed by atoms with Gasteiger partial charge in [0, 0.05) is 61.0 Å². The highest BCUT2D eigenvalue weighted by Crippen LogP contribution is 2.36. The fraction of sp³-hybridized carbons (Fsp3) is 0.682. The van der Waals surface area contributed by atoms with Gasteiger partial charge in [0.05, 0.1) is 6.04 Å². The maximum absolute atomic E-state index is 12.8. The monoisotopic (exact) mass is 464 g/mol. The van der Waals surface area contributed by atoms with Crippen LogP contribution in [0.15, 0.2) is 16.6 Å². The molecule has 4 rings (SSSR count). The Morgan fingerprint density at radius 2 is 1.97 bits per heavy atom. The van der Waals surface area contributed by atoms with Gasteiger partial charge in [-0.1, -0.05) is 15.9 Å². The summed E-state index contributed by atoms with van der Waals surface area (Å²) in [7, 11) is 0. The van der Waals surface area contributed by atoms with E-state index < -0.39 is 0 Å². The van der Waals surface area contributed by atoms with Crippen LogP contribution in [0.5, 0.6) is 0 Å². The van der Waals surface area contributed by atoms with Gasteiger partial charge in [-0.3, -0.25) is 0 Å². The number of anilines is 1. The second-order valence-electron chi connectivity index (χ2n) is 8.95. The van der Waals surface area contributed by atoms with E-state index in [1.807, 2.05) is 0 Å². The van der Waals surface area contributed by atoms with Crippen molar-refractivity contribution in [2.75, 3.05) is 44.3 Å². The van der Waals surface area contributed by atoms with Gasteiger partial charge in [0.25, 0.3) is 0 Å². The fourth-order valence-electron chi connectivity index (χ4n) is 5.40. The third kappa shape index (κ3) is 4.57. The minimum absolute atomic E-state index is 0.0272. The van der Waals surface area contributed by atoms with Crippen LogP contribution in [-0.2, 0) is 4.74 Å². The van der Waals surface area contributed by atoms with Crippen LogP contribution in [0.4, 0.5) is 10.5 Å². The van der Waals surface area contributed by atoms with Gasteiger partial charge < -0.3 is 25.6 Å². The number of benzene rings is 1. The van der Waals surface area contributed by atoms with Gasteiger partial charge in [-0.25, -0.2) is 4.79 Å². The molecule has 29 heavy (non-hydrogen) atoms. The SMILES string of the molecule is Cc1cc(Br)cc(C)c1N1CCCC(NC(=O)NC2CNCC23CCOCC3)C1. The van der Waals surface area contributed by atoms with Crippen LogP contribution >= 0.6 is 15.9 Å². The number of aryl methyl sites for hydroxylation is 2. The van der Waals surface area contributed by atoms with Crippen molar-refractivity contribution in [3.05, 3.63) is 27.7 Å². The normalized spacial score (nSPS) is 26.5. The van der Waals surface area contributed by atoms with Gasteiger partial charge in [-0.15, -0.1) is 0 Å². The number of ether oxygens (including phenoxy) is 1. The minimum Gasteiger partial charge on any atom is -0.381 e. The molecule has 3 heterocycles. The van der Waals surface area contributed by atoms with E-state index in [9.17, 15) is 4.79 Å². The van der Waals surface area contributed by atoms with Crippen LogP contribution in [0, 0.1) is 19.3 Å². The first-order valence-electron chi connectivity index (χ1n) is 10.8. The largest absolute Gasteiger partial charge is 0.381 e. The van der Waals surface area contributed by atoms with E-state index in [-0.39, 0.29) is 23.5 Å². The summed E-state index contributed by atoms with van der Waals surface area (Å²) >= 11 is 3.59. The van der Waals surface area contributed by atoms with E-state index in [4.69, 9.17) is 4.74 Å². The van der Waals surface area contributed by atoms with E-state index in [1.165, 1.54) is 16.8 Å². The molecule has 0 aliphatic carbocycles. The zero-order chi connectivity index (χ0) is 20.4. The third-order valence-corrected chi connectivity index (χ3v) is 7.35. The highest BCUT2D eigenvalue weighted by atomic mass is 79.9. The molecule has 3 fully saturated rings. The Bertz CT molecular complexity index is 727. The number of amides is 2. The summed E-state index contributed by atoms with van der Waals surface area (Å²) in [5.41, 5.74) is 4.02. The summed E-state index contributed by atoms with van der Waals surface area (Å²) in [6, 6.07) is 4.67. The summed E-state index contributed by atoms with van der Waals surface area (Å²) in [4.78, 5) is 15.2. The Morgan fingerprint density at radius 3 is 2.69 bits per heavy atom. The van der Waals surface area contributed by atoms with E-state index >= 15 is 0 Å². The zero-order valence-electron chi connectivity index (χ0n) is 17.5. The first-order valence-corrected chi connectivity index (χ1v) is 11.6. The van der Waals surface area contributed by atoms with Crippen molar-refractivity contribution in [3.63, 3.8) is 0 Å². The Hall–Kier alpha value is -1.31. The van der Waals surface area contributed by atoms with Crippen LogP contribution in [0.1, 0.15) is 36.8 Å². The molecule has 1 aromatic rings. The van der Waals surface area contributed by atoms with Crippen LogP contribution in [0.25, 0.3) is 0 Å². The number of halogens is 1. The molecule has 1 aromatic carbocycles. The number of rotatable bonds is 3. The molecule has 0 aromatic heterocycles. The van der Waals surface area contributed by atoms with E-state index in [0.29, 0.717) is 0 Å². The number of piperidine rings is 1. The topological polar surface area (TPSA) is 65.6 Å². The predicted octanol–water partition coefficient (Wildman–Crippen LogP) is 3.10. The van der Waals surface area contributed by atoms with Gasteiger partial charge in [-0.2, -0.15) is 0 Å². The zero-order valence-corrected chi connectivity index (χ0v) is 19.1. The smallest absolute Gasteiger partial charge is 0.315 e. The van der Waals surface area contributed by atoms with Crippen molar-refractivity contribution in [2.45, 2.75) is 51.6 Å². The molecule has 3 N–H and O–H groups in total. The predicted molar refractivity (Wildman–Crippen MR) is 120 cm³/mol. The Labute approximate surface area is 182 Å². The van der Waals surface area contributed by atoms with Gasteiger partial charge in [-0.05, 0) is 62.8 Å². The molecular weight excluding hydrogens is 432 g/mol. The summed E-state index contributed by atoms with van der Waals surface area (Å²) in [6.07, 6.45) is 4.15. The molecular formula is C22H33BrN4O2.